The van der Waals surface area contributed by atoms with Gasteiger partial charge in [0.25, 0.3) is 0 Å². The maximum Gasteiger partial charge on any atom is 0.222 e. The molecular weight excluding hydrogens is 288 g/mol. The van der Waals surface area contributed by atoms with Gasteiger partial charge in [0.1, 0.15) is 0 Å². The van der Waals surface area contributed by atoms with Gasteiger partial charge in [0, 0.05) is 38.6 Å². The molecule has 1 aliphatic rings. The molecule has 1 aromatic carbocycles. The summed E-state index contributed by atoms with van der Waals surface area (Å²) >= 11 is 0. The summed E-state index contributed by atoms with van der Waals surface area (Å²) in [6, 6.07) is 10.6. The van der Waals surface area contributed by atoms with E-state index in [4.69, 9.17) is 0 Å². The molecule has 0 spiro atoms. The molecule has 128 valence electrons. The second-order valence-corrected chi connectivity index (χ2v) is 6.51. The van der Waals surface area contributed by atoms with Crippen LogP contribution in [0.25, 0.3) is 0 Å². The Morgan fingerprint density at radius 3 is 2.39 bits per heavy atom. The quantitative estimate of drug-likeness (QED) is 0.840. The second-order valence-electron chi connectivity index (χ2n) is 6.51. The summed E-state index contributed by atoms with van der Waals surface area (Å²) in [4.78, 5) is 16.7. The summed E-state index contributed by atoms with van der Waals surface area (Å²) in [6.45, 7) is 7.82. The van der Waals surface area contributed by atoms with E-state index in [1.165, 1.54) is 5.56 Å². The van der Waals surface area contributed by atoms with Crippen molar-refractivity contribution < 1.29 is 9.90 Å². The van der Waals surface area contributed by atoms with Crippen molar-refractivity contribution in [2.24, 2.45) is 0 Å². The SMILES string of the molecule is CCC(CO)N1CCN(C(=O)CCC(C)c2ccccc2)CC1. The van der Waals surface area contributed by atoms with Gasteiger partial charge in [0.05, 0.1) is 6.61 Å². The number of nitrogens with zero attached hydrogens (tertiary/aromatic N) is 2. The summed E-state index contributed by atoms with van der Waals surface area (Å²) in [6.07, 6.45) is 2.48. The van der Waals surface area contributed by atoms with Gasteiger partial charge in [-0.1, -0.05) is 44.2 Å². The Morgan fingerprint density at radius 1 is 1.17 bits per heavy atom. The normalized spacial score (nSPS) is 18.7. The molecule has 1 saturated heterocycles. The van der Waals surface area contributed by atoms with Crippen LogP contribution in [0.5, 0.6) is 0 Å². The molecule has 0 saturated carbocycles. The van der Waals surface area contributed by atoms with Crippen LogP contribution >= 0.6 is 0 Å². The first kappa shape index (κ1) is 18.0. The first-order valence-electron chi connectivity index (χ1n) is 8.83. The van der Waals surface area contributed by atoms with E-state index in [0.717, 1.165) is 39.0 Å². The molecule has 23 heavy (non-hydrogen) atoms. The molecule has 4 heteroatoms. The highest BCUT2D eigenvalue weighted by atomic mass is 16.3. The Hall–Kier alpha value is -1.39. The molecule has 4 nitrogen and oxygen atoms in total. The highest BCUT2D eigenvalue weighted by Crippen LogP contribution is 2.21. The van der Waals surface area contributed by atoms with Gasteiger partial charge in [0.2, 0.25) is 5.91 Å². The molecule has 0 radical (unpaired) electrons. The van der Waals surface area contributed by atoms with Crippen LogP contribution in [0.4, 0.5) is 0 Å². The van der Waals surface area contributed by atoms with Crippen molar-refractivity contribution in [3.05, 3.63) is 35.9 Å². The van der Waals surface area contributed by atoms with Crippen LogP contribution in [0.2, 0.25) is 0 Å². The first-order chi connectivity index (χ1) is 11.2. The largest absolute Gasteiger partial charge is 0.395 e. The van der Waals surface area contributed by atoms with Crippen LogP contribution in [0, 0.1) is 0 Å². The maximum absolute atomic E-state index is 12.4. The highest BCUT2D eigenvalue weighted by Gasteiger charge is 2.24. The van der Waals surface area contributed by atoms with Crippen molar-refractivity contribution in [1.29, 1.82) is 0 Å². The van der Waals surface area contributed by atoms with Gasteiger partial charge in [-0.3, -0.25) is 9.69 Å². The third-order valence-electron chi connectivity index (χ3n) is 5.03. The third kappa shape index (κ3) is 5.05. The van der Waals surface area contributed by atoms with Gasteiger partial charge in [-0.05, 0) is 24.3 Å². The van der Waals surface area contributed by atoms with Gasteiger partial charge in [-0.25, -0.2) is 0 Å². The minimum atomic E-state index is 0.207. The average molecular weight is 318 g/mol. The fourth-order valence-corrected chi connectivity index (χ4v) is 3.29. The molecular formula is C19H30N2O2. The van der Waals surface area contributed by atoms with Crippen molar-refractivity contribution in [2.45, 2.75) is 45.1 Å². The number of carbonyl (C=O) groups is 1. The van der Waals surface area contributed by atoms with Crippen LogP contribution in [0.15, 0.2) is 30.3 Å². The molecule has 1 fully saturated rings. The lowest BCUT2D eigenvalue weighted by atomic mass is 9.96. The molecule has 1 heterocycles. The predicted molar refractivity (Wildman–Crippen MR) is 93.4 cm³/mol. The van der Waals surface area contributed by atoms with E-state index in [9.17, 15) is 9.90 Å². The van der Waals surface area contributed by atoms with Crippen molar-refractivity contribution in [1.82, 2.24) is 9.80 Å². The molecule has 0 aromatic heterocycles. The molecule has 0 bridgehead atoms. The topological polar surface area (TPSA) is 43.8 Å². The molecule has 2 unspecified atom stereocenters. The van der Waals surface area contributed by atoms with Gasteiger partial charge >= 0.3 is 0 Å². The number of rotatable bonds is 7. The molecule has 1 N–H and O–H groups in total. The van der Waals surface area contributed by atoms with Crippen molar-refractivity contribution in [3.8, 4) is 0 Å². The zero-order chi connectivity index (χ0) is 16.7. The Balaban J connectivity index is 1.75. The Labute approximate surface area is 140 Å². The highest BCUT2D eigenvalue weighted by molar-refractivity contribution is 5.76. The molecule has 1 amide bonds. The van der Waals surface area contributed by atoms with E-state index in [0.29, 0.717) is 12.3 Å². The number of piperazine rings is 1. The van der Waals surface area contributed by atoms with Crippen LogP contribution in [0.3, 0.4) is 0 Å². The van der Waals surface area contributed by atoms with Gasteiger partial charge in [0.15, 0.2) is 0 Å². The number of hydrogen-bond donors (Lipinski definition) is 1. The minimum Gasteiger partial charge on any atom is -0.395 e. The Kier molecular flexibility index (Phi) is 7.06. The zero-order valence-corrected chi connectivity index (χ0v) is 14.4. The fraction of sp³-hybridized carbons (Fsp3) is 0.632. The number of aliphatic hydroxyl groups excluding tert-OH is 1. The lowest BCUT2D eigenvalue weighted by Gasteiger charge is -2.38. The van der Waals surface area contributed by atoms with Crippen LogP contribution in [-0.4, -0.2) is 59.6 Å². The van der Waals surface area contributed by atoms with E-state index < -0.39 is 0 Å². The van der Waals surface area contributed by atoms with E-state index in [-0.39, 0.29) is 18.6 Å². The summed E-state index contributed by atoms with van der Waals surface area (Å²) in [7, 11) is 0. The first-order valence-corrected chi connectivity index (χ1v) is 8.83. The summed E-state index contributed by atoms with van der Waals surface area (Å²) < 4.78 is 0. The van der Waals surface area contributed by atoms with Gasteiger partial charge in [-0.2, -0.15) is 0 Å². The van der Waals surface area contributed by atoms with Crippen LogP contribution in [0.1, 0.15) is 44.6 Å². The zero-order valence-electron chi connectivity index (χ0n) is 14.4. The van der Waals surface area contributed by atoms with Crippen molar-refractivity contribution in [2.75, 3.05) is 32.8 Å². The molecule has 1 aliphatic heterocycles. The predicted octanol–water partition coefficient (Wildman–Crippen LogP) is 2.49. The summed E-state index contributed by atoms with van der Waals surface area (Å²) in [5.74, 6) is 0.685. The van der Waals surface area contributed by atoms with E-state index >= 15 is 0 Å². The third-order valence-corrected chi connectivity index (χ3v) is 5.03. The standard InChI is InChI=1S/C19H30N2O2/c1-3-18(15-22)20-11-13-21(14-12-20)19(23)10-9-16(2)17-7-5-4-6-8-17/h4-8,16,18,22H,3,9-15H2,1-2H3. The lowest BCUT2D eigenvalue weighted by molar-refractivity contribution is -0.133. The van der Waals surface area contributed by atoms with Gasteiger partial charge in [-0.15, -0.1) is 0 Å². The van der Waals surface area contributed by atoms with E-state index in [2.05, 4.69) is 43.0 Å². The summed E-state index contributed by atoms with van der Waals surface area (Å²) in [5.41, 5.74) is 1.30. The van der Waals surface area contributed by atoms with E-state index in [1.54, 1.807) is 0 Å². The van der Waals surface area contributed by atoms with Crippen molar-refractivity contribution in [3.63, 3.8) is 0 Å². The Bertz CT molecular complexity index is 466. The second kappa shape index (κ2) is 9.04. The maximum atomic E-state index is 12.4. The smallest absolute Gasteiger partial charge is 0.222 e. The lowest BCUT2D eigenvalue weighted by Crippen LogP contribution is -2.52. The minimum absolute atomic E-state index is 0.207. The van der Waals surface area contributed by atoms with E-state index in [1.807, 2.05) is 11.0 Å². The molecule has 2 rings (SSSR count). The average Bonchev–Trinajstić information content (AvgIpc) is 2.61. The monoisotopic (exact) mass is 318 g/mol. The number of carbonyl (C=O) groups excluding carboxylic acids is 1. The Morgan fingerprint density at radius 2 is 1.83 bits per heavy atom. The number of amides is 1. The molecule has 1 aromatic rings. The summed E-state index contributed by atoms with van der Waals surface area (Å²) in [5, 5.41) is 9.38. The fourth-order valence-electron chi connectivity index (χ4n) is 3.29. The molecule has 2 atom stereocenters. The molecule has 0 aliphatic carbocycles. The van der Waals surface area contributed by atoms with Crippen LogP contribution < -0.4 is 0 Å². The number of hydrogen-bond acceptors (Lipinski definition) is 3. The number of benzene rings is 1. The van der Waals surface area contributed by atoms with Gasteiger partial charge < -0.3 is 10.0 Å². The van der Waals surface area contributed by atoms with Crippen molar-refractivity contribution >= 4 is 5.91 Å². The number of aliphatic hydroxyl groups is 1. The van der Waals surface area contributed by atoms with Crippen LogP contribution in [-0.2, 0) is 4.79 Å².